The molecule has 3 rings (SSSR count). The summed E-state index contributed by atoms with van der Waals surface area (Å²) in [5.41, 5.74) is 2.03. The van der Waals surface area contributed by atoms with E-state index in [-0.39, 0.29) is 11.3 Å². The van der Waals surface area contributed by atoms with E-state index in [4.69, 9.17) is 0 Å². The number of amides is 1. The second-order valence-electron chi connectivity index (χ2n) is 7.31. The topological polar surface area (TPSA) is 20.3 Å². The van der Waals surface area contributed by atoms with E-state index < -0.39 is 0 Å². The molecule has 1 aliphatic rings. The van der Waals surface area contributed by atoms with Crippen molar-refractivity contribution < 1.29 is 4.79 Å². The van der Waals surface area contributed by atoms with Gasteiger partial charge in [0.05, 0.1) is 5.56 Å². The van der Waals surface area contributed by atoms with Crippen molar-refractivity contribution in [2.75, 3.05) is 13.1 Å². The summed E-state index contributed by atoms with van der Waals surface area (Å²) in [6.45, 7) is 8.34. The minimum atomic E-state index is -0.0369. The van der Waals surface area contributed by atoms with E-state index in [1.807, 2.05) is 17.0 Å². The quantitative estimate of drug-likeness (QED) is 0.742. The van der Waals surface area contributed by atoms with Crippen molar-refractivity contribution in [1.82, 2.24) is 4.90 Å². The fraction of sp³-hybridized carbons (Fsp3) is 0.450. The predicted molar refractivity (Wildman–Crippen MR) is 92.4 cm³/mol. The third-order valence-electron chi connectivity index (χ3n) is 4.59. The largest absolute Gasteiger partial charge is 0.339 e. The number of hydrogen-bond donors (Lipinski definition) is 0. The minimum absolute atomic E-state index is 0.0369. The highest BCUT2D eigenvalue weighted by molar-refractivity contribution is 6.08. The van der Waals surface area contributed by atoms with Gasteiger partial charge in [-0.1, -0.05) is 57.2 Å². The Balaban J connectivity index is 2.17. The van der Waals surface area contributed by atoms with Gasteiger partial charge in [0.2, 0.25) is 0 Å². The van der Waals surface area contributed by atoms with Crippen LogP contribution in [0.5, 0.6) is 0 Å². The van der Waals surface area contributed by atoms with Crippen molar-refractivity contribution in [3.8, 4) is 0 Å². The average molecular weight is 295 g/mol. The maximum absolute atomic E-state index is 13.2. The second kappa shape index (κ2) is 5.75. The molecule has 0 atom stereocenters. The lowest BCUT2D eigenvalue weighted by atomic mass is 9.81. The molecule has 22 heavy (non-hydrogen) atoms. The van der Waals surface area contributed by atoms with Gasteiger partial charge < -0.3 is 4.90 Å². The Morgan fingerprint density at radius 2 is 1.64 bits per heavy atom. The van der Waals surface area contributed by atoms with Gasteiger partial charge >= 0.3 is 0 Å². The highest BCUT2D eigenvalue weighted by atomic mass is 16.2. The van der Waals surface area contributed by atoms with Gasteiger partial charge in [-0.05, 0) is 41.0 Å². The number of hydrogen-bond acceptors (Lipinski definition) is 1. The molecule has 0 radical (unpaired) electrons. The van der Waals surface area contributed by atoms with E-state index in [0.717, 1.165) is 47.8 Å². The van der Waals surface area contributed by atoms with Gasteiger partial charge in [0.15, 0.2) is 0 Å². The molecule has 2 aromatic rings. The van der Waals surface area contributed by atoms with Gasteiger partial charge in [-0.25, -0.2) is 0 Å². The van der Waals surface area contributed by atoms with Crippen LogP contribution in [0.25, 0.3) is 10.8 Å². The number of carbonyl (C=O) groups excluding carboxylic acids is 1. The van der Waals surface area contributed by atoms with Gasteiger partial charge in [-0.2, -0.15) is 0 Å². The van der Waals surface area contributed by atoms with Crippen LogP contribution in [-0.2, 0) is 5.41 Å². The monoisotopic (exact) mass is 295 g/mol. The predicted octanol–water partition coefficient (Wildman–Crippen LogP) is 4.76. The highest BCUT2D eigenvalue weighted by Crippen LogP contribution is 2.32. The fourth-order valence-corrected chi connectivity index (χ4v) is 3.38. The Morgan fingerprint density at radius 1 is 0.955 bits per heavy atom. The van der Waals surface area contributed by atoms with Crippen LogP contribution in [0.2, 0.25) is 0 Å². The Labute approximate surface area is 133 Å². The summed E-state index contributed by atoms with van der Waals surface area (Å²) in [5, 5.41) is 2.24. The summed E-state index contributed by atoms with van der Waals surface area (Å²) in [7, 11) is 0. The molecule has 0 spiro atoms. The summed E-state index contributed by atoms with van der Waals surface area (Å²) in [6.07, 6.45) is 3.49. The smallest absolute Gasteiger partial charge is 0.254 e. The summed E-state index contributed by atoms with van der Waals surface area (Å²) >= 11 is 0. The Morgan fingerprint density at radius 3 is 2.32 bits per heavy atom. The van der Waals surface area contributed by atoms with E-state index in [0.29, 0.717) is 0 Å². The molecule has 2 aromatic carbocycles. The third-order valence-corrected chi connectivity index (χ3v) is 4.59. The molecule has 1 fully saturated rings. The maximum atomic E-state index is 13.2. The second-order valence-corrected chi connectivity index (χ2v) is 7.31. The van der Waals surface area contributed by atoms with E-state index in [9.17, 15) is 4.79 Å². The first-order valence-corrected chi connectivity index (χ1v) is 8.30. The molecule has 0 bridgehead atoms. The molecule has 1 aliphatic heterocycles. The molecule has 0 saturated carbocycles. The zero-order valence-corrected chi connectivity index (χ0v) is 13.9. The standard InChI is InChI=1S/C20H25NO/c1-20(2,3)17-12-11-15-9-5-6-10-16(15)18(17)19(22)21-13-7-4-8-14-21/h5-6,9-12H,4,7-8,13-14H2,1-3H3. The molecule has 0 N–H and O–H groups in total. The molecular weight excluding hydrogens is 270 g/mol. The van der Waals surface area contributed by atoms with Crippen molar-refractivity contribution in [2.45, 2.75) is 45.4 Å². The van der Waals surface area contributed by atoms with Crippen LogP contribution in [0.1, 0.15) is 56.0 Å². The van der Waals surface area contributed by atoms with Gasteiger partial charge in [-0.3, -0.25) is 4.79 Å². The number of piperidine rings is 1. The molecular formula is C20H25NO. The molecule has 1 saturated heterocycles. The van der Waals surface area contributed by atoms with E-state index in [2.05, 4.69) is 45.0 Å². The van der Waals surface area contributed by atoms with Crippen LogP contribution < -0.4 is 0 Å². The van der Waals surface area contributed by atoms with Crippen molar-refractivity contribution in [3.63, 3.8) is 0 Å². The molecule has 0 aromatic heterocycles. The molecule has 1 amide bonds. The Kier molecular flexibility index (Phi) is 3.94. The van der Waals surface area contributed by atoms with Gasteiger partial charge in [0.1, 0.15) is 0 Å². The summed E-state index contributed by atoms with van der Waals surface area (Å²) < 4.78 is 0. The molecule has 116 valence electrons. The van der Waals surface area contributed by atoms with Crippen LogP contribution >= 0.6 is 0 Å². The van der Waals surface area contributed by atoms with Crippen molar-refractivity contribution >= 4 is 16.7 Å². The highest BCUT2D eigenvalue weighted by Gasteiger charge is 2.27. The number of carbonyl (C=O) groups is 1. The first kappa shape index (κ1) is 15.1. The molecule has 0 aliphatic carbocycles. The molecule has 0 unspecified atom stereocenters. The Bertz CT molecular complexity index is 690. The van der Waals surface area contributed by atoms with Crippen LogP contribution in [-0.4, -0.2) is 23.9 Å². The maximum Gasteiger partial charge on any atom is 0.254 e. The van der Waals surface area contributed by atoms with E-state index in [1.54, 1.807) is 0 Å². The fourth-order valence-electron chi connectivity index (χ4n) is 3.38. The van der Waals surface area contributed by atoms with E-state index in [1.165, 1.54) is 6.42 Å². The normalized spacial score (nSPS) is 16.0. The molecule has 2 heteroatoms. The SMILES string of the molecule is CC(C)(C)c1ccc2ccccc2c1C(=O)N1CCCCC1. The molecule has 2 nitrogen and oxygen atoms in total. The lowest BCUT2D eigenvalue weighted by Gasteiger charge is -2.30. The summed E-state index contributed by atoms with van der Waals surface area (Å²) in [5.74, 6) is 0.210. The number of likely N-dealkylation sites (tertiary alicyclic amines) is 1. The Hall–Kier alpha value is -1.83. The number of rotatable bonds is 1. The lowest BCUT2D eigenvalue weighted by Crippen LogP contribution is -2.37. The van der Waals surface area contributed by atoms with Gasteiger partial charge in [-0.15, -0.1) is 0 Å². The van der Waals surface area contributed by atoms with Crippen molar-refractivity contribution in [2.24, 2.45) is 0 Å². The number of benzene rings is 2. The lowest BCUT2D eigenvalue weighted by molar-refractivity contribution is 0.0724. The van der Waals surface area contributed by atoms with Crippen molar-refractivity contribution in [1.29, 1.82) is 0 Å². The third kappa shape index (κ3) is 2.75. The van der Waals surface area contributed by atoms with Crippen LogP contribution in [0.4, 0.5) is 0 Å². The number of nitrogens with zero attached hydrogens (tertiary/aromatic N) is 1. The van der Waals surface area contributed by atoms with E-state index >= 15 is 0 Å². The zero-order valence-electron chi connectivity index (χ0n) is 13.9. The van der Waals surface area contributed by atoms with Gasteiger partial charge in [0.25, 0.3) is 5.91 Å². The molecule has 1 heterocycles. The number of fused-ring (bicyclic) bond motifs is 1. The van der Waals surface area contributed by atoms with Gasteiger partial charge in [0, 0.05) is 13.1 Å². The minimum Gasteiger partial charge on any atom is -0.339 e. The summed E-state index contributed by atoms with van der Waals surface area (Å²) in [4.78, 5) is 15.2. The van der Waals surface area contributed by atoms with Crippen LogP contribution in [0.3, 0.4) is 0 Å². The first-order chi connectivity index (χ1) is 10.5. The van der Waals surface area contributed by atoms with Crippen molar-refractivity contribution in [3.05, 3.63) is 47.5 Å². The first-order valence-electron chi connectivity index (χ1n) is 8.30. The average Bonchev–Trinajstić information content (AvgIpc) is 2.53. The van der Waals surface area contributed by atoms with Crippen LogP contribution in [0, 0.1) is 0 Å². The zero-order chi connectivity index (χ0) is 15.7. The summed E-state index contributed by atoms with van der Waals surface area (Å²) in [6, 6.07) is 12.5. The van der Waals surface area contributed by atoms with Crippen LogP contribution in [0.15, 0.2) is 36.4 Å².